The maximum atomic E-state index is 10.9. The molecule has 0 spiro atoms. The number of hydrogen-bond acceptors (Lipinski definition) is 7. The topological polar surface area (TPSA) is 122 Å². The van der Waals surface area contributed by atoms with Crippen LogP contribution < -0.4 is 5.43 Å². The second-order valence-electron chi connectivity index (χ2n) is 5.34. The lowest BCUT2D eigenvalue weighted by atomic mass is 10.2. The number of hydrazone groups is 1. The highest BCUT2D eigenvalue weighted by atomic mass is 35.5. The summed E-state index contributed by atoms with van der Waals surface area (Å²) in [6.45, 7) is 0. The van der Waals surface area contributed by atoms with Gasteiger partial charge in [-0.2, -0.15) is 10.1 Å². The molecule has 0 amide bonds. The lowest BCUT2D eigenvalue weighted by Crippen LogP contribution is -1.99. The molecule has 0 aliphatic carbocycles. The molecule has 2 aromatic carbocycles. The normalized spacial score (nSPS) is 11.4. The van der Waals surface area contributed by atoms with Crippen LogP contribution in [0.5, 0.6) is 0 Å². The van der Waals surface area contributed by atoms with Gasteiger partial charge in [-0.25, -0.2) is 5.43 Å². The molecule has 4 rings (SSSR count). The van der Waals surface area contributed by atoms with Crippen molar-refractivity contribution >= 4 is 51.5 Å². The number of nitro groups is 1. The number of nitrogens with zero attached hydrogens (tertiary/aromatic N) is 5. The number of H-pyrrole nitrogens is 1. The molecule has 0 atom stereocenters. The first-order chi connectivity index (χ1) is 12.6. The Kier molecular flexibility index (Phi) is 3.90. The van der Waals surface area contributed by atoms with E-state index in [2.05, 4.69) is 30.7 Å². The third kappa shape index (κ3) is 2.91. The highest BCUT2D eigenvalue weighted by Crippen LogP contribution is 2.24. The predicted octanol–water partition coefficient (Wildman–Crippen LogP) is 3.51. The van der Waals surface area contributed by atoms with Gasteiger partial charge in [-0.05, 0) is 12.1 Å². The monoisotopic (exact) mass is 367 g/mol. The molecule has 0 aliphatic heterocycles. The number of aromatic amines is 1. The van der Waals surface area contributed by atoms with Crippen LogP contribution in [0.4, 0.5) is 11.6 Å². The van der Waals surface area contributed by atoms with E-state index in [1.165, 1.54) is 18.3 Å². The summed E-state index contributed by atoms with van der Waals surface area (Å²) in [6.07, 6.45) is 1.40. The summed E-state index contributed by atoms with van der Waals surface area (Å²) in [5.41, 5.74) is 5.14. The number of benzene rings is 2. The van der Waals surface area contributed by atoms with E-state index in [1.54, 1.807) is 6.07 Å². The maximum absolute atomic E-state index is 10.9. The fourth-order valence-electron chi connectivity index (χ4n) is 2.48. The Balaban J connectivity index is 1.58. The highest BCUT2D eigenvalue weighted by molar-refractivity contribution is 6.32. The van der Waals surface area contributed by atoms with E-state index in [9.17, 15) is 10.1 Å². The standard InChI is InChI=1S/C16H10ClN7O2/c17-11-6-5-9(7-13(11)24(25)26)8-18-22-16-20-15-14(21-23-16)10-3-1-2-4-12(10)19-15/h1-8H,(H2,19,20,22,23)/b18-8-. The van der Waals surface area contributed by atoms with Crippen molar-refractivity contribution in [1.82, 2.24) is 20.2 Å². The SMILES string of the molecule is O=[N+]([O-])c1cc(/C=N\Nc2nnc3c(n2)[nH]c2ccccc23)ccc1Cl. The number of fused-ring (bicyclic) bond motifs is 3. The van der Waals surface area contributed by atoms with Crippen LogP contribution in [0.1, 0.15) is 5.56 Å². The first-order valence-electron chi connectivity index (χ1n) is 7.46. The maximum Gasteiger partial charge on any atom is 0.288 e. The summed E-state index contributed by atoms with van der Waals surface area (Å²) in [7, 11) is 0. The molecule has 0 radical (unpaired) electrons. The zero-order chi connectivity index (χ0) is 18.1. The van der Waals surface area contributed by atoms with Gasteiger partial charge in [-0.3, -0.25) is 10.1 Å². The second-order valence-corrected chi connectivity index (χ2v) is 5.75. The van der Waals surface area contributed by atoms with Crippen LogP contribution in [-0.2, 0) is 0 Å². The Hall–Kier alpha value is -3.59. The zero-order valence-corrected chi connectivity index (χ0v) is 13.8. The van der Waals surface area contributed by atoms with E-state index < -0.39 is 4.92 Å². The lowest BCUT2D eigenvalue weighted by Gasteiger charge is -1.98. The van der Waals surface area contributed by atoms with Gasteiger partial charge in [0.2, 0.25) is 0 Å². The number of anilines is 1. The highest BCUT2D eigenvalue weighted by Gasteiger charge is 2.12. The number of hydrogen-bond donors (Lipinski definition) is 2. The molecule has 26 heavy (non-hydrogen) atoms. The Morgan fingerprint density at radius 3 is 2.92 bits per heavy atom. The second kappa shape index (κ2) is 6.37. The summed E-state index contributed by atoms with van der Waals surface area (Å²) in [6, 6.07) is 12.1. The molecule has 2 heterocycles. The fourth-order valence-corrected chi connectivity index (χ4v) is 2.67. The molecule has 0 unspecified atom stereocenters. The molecule has 2 N–H and O–H groups in total. The summed E-state index contributed by atoms with van der Waals surface area (Å²) in [5.74, 6) is 0.198. The van der Waals surface area contributed by atoms with Crippen LogP contribution in [-0.4, -0.2) is 31.3 Å². The van der Waals surface area contributed by atoms with Crippen LogP contribution in [0.15, 0.2) is 47.6 Å². The summed E-state index contributed by atoms with van der Waals surface area (Å²) < 4.78 is 0. The number of halogens is 1. The molecule has 0 saturated heterocycles. The average molecular weight is 368 g/mol. The van der Waals surface area contributed by atoms with E-state index >= 15 is 0 Å². The van der Waals surface area contributed by atoms with Gasteiger partial charge in [-0.1, -0.05) is 35.9 Å². The number of para-hydroxylation sites is 1. The van der Waals surface area contributed by atoms with Crippen molar-refractivity contribution in [3.8, 4) is 0 Å². The Labute approximate surface area is 150 Å². The smallest absolute Gasteiger partial charge is 0.288 e. The molecular weight excluding hydrogens is 358 g/mol. The molecule has 0 aliphatic rings. The minimum Gasteiger partial charge on any atom is -0.338 e. The summed E-state index contributed by atoms with van der Waals surface area (Å²) in [4.78, 5) is 17.8. The van der Waals surface area contributed by atoms with Crippen molar-refractivity contribution in [2.75, 3.05) is 5.43 Å². The van der Waals surface area contributed by atoms with Crippen molar-refractivity contribution in [1.29, 1.82) is 0 Å². The van der Waals surface area contributed by atoms with Gasteiger partial charge in [0.15, 0.2) is 5.65 Å². The minimum absolute atomic E-state index is 0.0666. The van der Waals surface area contributed by atoms with Gasteiger partial charge in [0.05, 0.1) is 11.1 Å². The van der Waals surface area contributed by atoms with Gasteiger partial charge in [0.1, 0.15) is 10.5 Å². The number of rotatable bonds is 4. The van der Waals surface area contributed by atoms with E-state index in [0.717, 1.165) is 10.9 Å². The van der Waals surface area contributed by atoms with Gasteiger partial charge in [0, 0.05) is 22.5 Å². The first kappa shape index (κ1) is 15.9. The third-order valence-electron chi connectivity index (χ3n) is 3.67. The van der Waals surface area contributed by atoms with E-state index in [0.29, 0.717) is 16.7 Å². The molecule has 2 aromatic heterocycles. The van der Waals surface area contributed by atoms with Crippen molar-refractivity contribution in [2.24, 2.45) is 5.10 Å². The first-order valence-corrected chi connectivity index (χ1v) is 7.84. The molecule has 0 saturated carbocycles. The molecule has 10 heteroatoms. The average Bonchev–Trinajstić information content (AvgIpc) is 3.00. The number of aromatic nitrogens is 4. The van der Waals surface area contributed by atoms with Gasteiger partial charge < -0.3 is 4.98 Å². The van der Waals surface area contributed by atoms with E-state index in [4.69, 9.17) is 11.6 Å². The molecule has 128 valence electrons. The largest absolute Gasteiger partial charge is 0.338 e. The van der Waals surface area contributed by atoms with Crippen molar-refractivity contribution in [3.05, 3.63) is 63.2 Å². The lowest BCUT2D eigenvalue weighted by molar-refractivity contribution is -0.384. The quantitative estimate of drug-likeness (QED) is 0.323. The molecule has 4 aromatic rings. The van der Waals surface area contributed by atoms with E-state index in [1.807, 2.05) is 24.3 Å². The van der Waals surface area contributed by atoms with E-state index in [-0.39, 0.29) is 16.7 Å². The summed E-state index contributed by atoms with van der Waals surface area (Å²) >= 11 is 5.78. The van der Waals surface area contributed by atoms with Crippen molar-refractivity contribution in [3.63, 3.8) is 0 Å². The van der Waals surface area contributed by atoms with Gasteiger partial charge in [-0.15, -0.1) is 10.2 Å². The fraction of sp³-hybridized carbons (Fsp3) is 0. The van der Waals surface area contributed by atoms with Crippen molar-refractivity contribution < 1.29 is 4.92 Å². The predicted molar refractivity (Wildman–Crippen MR) is 98.5 cm³/mol. The number of nitrogens with one attached hydrogen (secondary N) is 2. The van der Waals surface area contributed by atoms with Crippen LogP contribution in [0, 0.1) is 10.1 Å². The summed E-state index contributed by atoms with van der Waals surface area (Å²) in [5, 5.41) is 24.0. The Morgan fingerprint density at radius 2 is 2.08 bits per heavy atom. The molecule has 9 nitrogen and oxygen atoms in total. The van der Waals surface area contributed by atoms with Crippen LogP contribution in [0.25, 0.3) is 22.1 Å². The van der Waals surface area contributed by atoms with Crippen LogP contribution >= 0.6 is 11.6 Å². The van der Waals surface area contributed by atoms with Gasteiger partial charge >= 0.3 is 0 Å². The Morgan fingerprint density at radius 1 is 1.23 bits per heavy atom. The van der Waals surface area contributed by atoms with Crippen LogP contribution in [0.3, 0.4) is 0 Å². The van der Waals surface area contributed by atoms with Crippen molar-refractivity contribution in [2.45, 2.75) is 0 Å². The Bertz CT molecular complexity index is 1170. The van der Waals surface area contributed by atoms with Gasteiger partial charge in [0.25, 0.3) is 11.6 Å². The minimum atomic E-state index is -0.552. The third-order valence-corrected chi connectivity index (χ3v) is 3.99. The van der Waals surface area contributed by atoms with Crippen LogP contribution in [0.2, 0.25) is 5.02 Å². The molecule has 0 fully saturated rings. The zero-order valence-electron chi connectivity index (χ0n) is 13.0. The molecular formula is C16H10ClN7O2. The molecule has 0 bridgehead atoms. The number of nitro benzene ring substituents is 1.